The van der Waals surface area contributed by atoms with Gasteiger partial charge in [-0.3, -0.25) is 4.90 Å². The highest BCUT2D eigenvalue weighted by Crippen LogP contribution is 2.42. The summed E-state index contributed by atoms with van der Waals surface area (Å²) >= 11 is 0. The maximum Gasteiger partial charge on any atom is 0.175 e. The summed E-state index contributed by atoms with van der Waals surface area (Å²) in [6, 6.07) is 0. The fraction of sp³-hybridized carbons (Fsp3) is 0.900. The monoisotopic (exact) mass is 424 g/mol. The summed E-state index contributed by atoms with van der Waals surface area (Å²) in [6.07, 6.45) is 1.62. The molecule has 0 radical (unpaired) electrons. The van der Waals surface area contributed by atoms with Crippen LogP contribution in [0.15, 0.2) is 10.1 Å². The van der Waals surface area contributed by atoms with E-state index in [2.05, 4.69) is 15.5 Å². The summed E-state index contributed by atoms with van der Waals surface area (Å²) in [6.45, 7) is 1.44. The van der Waals surface area contributed by atoms with Crippen LogP contribution in [0.25, 0.3) is 0 Å². The molecule has 3 saturated heterocycles. The summed E-state index contributed by atoms with van der Waals surface area (Å²) in [5.41, 5.74) is 0. The lowest BCUT2D eigenvalue weighted by Gasteiger charge is -2.37. The van der Waals surface area contributed by atoms with Crippen LogP contribution in [0.4, 0.5) is 0 Å². The van der Waals surface area contributed by atoms with Gasteiger partial charge >= 0.3 is 0 Å². The Morgan fingerprint density at radius 1 is 1.27 bits per heavy atom. The van der Waals surface area contributed by atoms with Crippen molar-refractivity contribution in [2.24, 2.45) is 27.9 Å². The molecule has 4 N–H and O–H groups in total. The molecule has 4 fully saturated rings. The standard InChI is InChI=1S/C20H32N4O6/c1-28-23-18-12-4-6-24(19(12)22-9-21-18)20-16(27)15(26)17(30-20)14(25)11-2-3-13-10(8-11)5-7-29-13/h9-17,19-20,25-27H,2-8H2,1H3,(H,21,22,23)/t10?,11?,12?,13?,14-,15+,16-,17-,19?,20-/m1/s1. The van der Waals surface area contributed by atoms with E-state index < -0.39 is 30.6 Å². The lowest BCUT2D eigenvalue weighted by molar-refractivity contribution is -0.136. The number of nitrogens with zero attached hydrogens (tertiary/aromatic N) is 3. The molecule has 10 atom stereocenters. The van der Waals surface area contributed by atoms with Crippen LogP contribution in [-0.2, 0) is 14.3 Å². The third kappa shape index (κ3) is 3.43. The number of aliphatic hydroxyl groups excluding tert-OH is 3. The van der Waals surface area contributed by atoms with Gasteiger partial charge in [0.2, 0.25) is 0 Å². The first-order valence-corrected chi connectivity index (χ1v) is 11.0. The van der Waals surface area contributed by atoms with E-state index in [0.29, 0.717) is 24.4 Å². The van der Waals surface area contributed by atoms with Gasteiger partial charge in [0.15, 0.2) is 5.84 Å². The zero-order valence-corrected chi connectivity index (χ0v) is 17.2. The van der Waals surface area contributed by atoms with Crippen LogP contribution in [0.1, 0.15) is 32.1 Å². The highest BCUT2D eigenvalue weighted by atomic mass is 16.6. The molecule has 0 spiro atoms. The van der Waals surface area contributed by atoms with E-state index in [9.17, 15) is 15.3 Å². The number of rotatable bonds is 4. The molecule has 0 amide bonds. The minimum Gasteiger partial charge on any atom is -0.398 e. The Bertz CT molecular complexity index is 692. The van der Waals surface area contributed by atoms with Crippen LogP contribution < -0.4 is 5.32 Å². The van der Waals surface area contributed by atoms with Gasteiger partial charge in [0.05, 0.1) is 30.6 Å². The minimum atomic E-state index is -1.13. The molecule has 0 aromatic heterocycles. The van der Waals surface area contributed by atoms with Crippen LogP contribution in [0.3, 0.4) is 0 Å². The second-order valence-corrected chi connectivity index (χ2v) is 9.13. The second kappa shape index (κ2) is 8.33. The van der Waals surface area contributed by atoms with Gasteiger partial charge in [0.25, 0.3) is 0 Å². The molecule has 10 heteroatoms. The maximum absolute atomic E-state index is 11.1. The van der Waals surface area contributed by atoms with Crippen molar-refractivity contribution in [3.8, 4) is 0 Å². The van der Waals surface area contributed by atoms with Gasteiger partial charge in [-0.1, -0.05) is 5.16 Å². The molecular weight excluding hydrogens is 392 g/mol. The first-order valence-electron chi connectivity index (χ1n) is 11.0. The molecule has 10 nitrogen and oxygen atoms in total. The lowest BCUT2D eigenvalue weighted by Crippen LogP contribution is -2.55. The van der Waals surface area contributed by atoms with Gasteiger partial charge in [-0.05, 0) is 43.9 Å². The Kier molecular flexibility index (Phi) is 5.72. The minimum absolute atomic E-state index is 0.00418. The normalized spacial score (nSPS) is 48.4. The summed E-state index contributed by atoms with van der Waals surface area (Å²) in [5.74, 6) is 1.12. The number of nitrogens with one attached hydrogen (secondary N) is 1. The summed E-state index contributed by atoms with van der Waals surface area (Å²) in [7, 11) is 1.49. The Morgan fingerprint density at radius 2 is 2.13 bits per heavy atom. The number of hydrogen-bond donors (Lipinski definition) is 4. The second-order valence-electron chi connectivity index (χ2n) is 9.13. The predicted molar refractivity (Wildman–Crippen MR) is 107 cm³/mol. The molecule has 5 rings (SSSR count). The SMILES string of the molecule is CO/N=C1/N=CNC2C1CCN2[C@@H]1O[C@H]([C@H](O)C2CCC3OCCC3C2)[C@@H](O)[C@H]1O. The van der Waals surface area contributed by atoms with Crippen molar-refractivity contribution in [1.29, 1.82) is 0 Å². The van der Waals surface area contributed by atoms with Gasteiger partial charge in [0, 0.05) is 13.2 Å². The number of fused-ring (bicyclic) bond motifs is 2. The number of aliphatic hydroxyl groups is 3. The fourth-order valence-electron chi connectivity index (χ4n) is 6.03. The van der Waals surface area contributed by atoms with Crippen LogP contribution >= 0.6 is 0 Å². The number of oxime groups is 1. The van der Waals surface area contributed by atoms with Gasteiger partial charge in [-0.25, -0.2) is 4.99 Å². The lowest BCUT2D eigenvalue weighted by atomic mass is 9.75. The average molecular weight is 424 g/mol. The van der Waals surface area contributed by atoms with Crippen molar-refractivity contribution >= 4 is 12.2 Å². The highest BCUT2D eigenvalue weighted by Gasteiger charge is 2.54. The van der Waals surface area contributed by atoms with E-state index in [1.807, 2.05) is 4.90 Å². The highest BCUT2D eigenvalue weighted by molar-refractivity contribution is 5.93. The molecule has 0 bridgehead atoms. The quantitative estimate of drug-likeness (QED) is 0.434. The van der Waals surface area contributed by atoms with Crippen LogP contribution in [0, 0.1) is 17.8 Å². The summed E-state index contributed by atoms with van der Waals surface area (Å²) in [4.78, 5) is 11.1. The Hall–Kier alpha value is -1.30. The molecule has 0 aromatic rings. The van der Waals surface area contributed by atoms with Crippen molar-refractivity contribution in [3.63, 3.8) is 0 Å². The van der Waals surface area contributed by atoms with Crippen LogP contribution in [0.2, 0.25) is 0 Å². The van der Waals surface area contributed by atoms with Crippen molar-refractivity contribution in [3.05, 3.63) is 0 Å². The number of amidine groups is 1. The van der Waals surface area contributed by atoms with E-state index in [-0.39, 0.29) is 18.0 Å². The first-order chi connectivity index (χ1) is 14.6. The number of ether oxygens (including phenoxy) is 2. The van der Waals surface area contributed by atoms with Gasteiger partial charge in [0.1, 0.15) is 31.6 Å². The summed E-state index contributed by atoms with van der Waals surface area (Å²) < 4.78 is 11.9. The molecule has 1 saturated carbocycles. The zero-order chi connectivity index (χ0) is 20.8. The van der Waals surface area contributed by atoms with Crippen LogP contribution in [-0.4, -0.2) is 95.6 Å². The third-order valence-corrected chi connectivity index (χ3v) is 7.59. The van der Waals surface area contributed by atoms with Crippen molar-refractivity contribution < 1.29 is 29.6 Å². The molecule has 30 heavy (non-hydrogen) atoms. The number of hydrogen-bond acceptors (Lipinski definition) is 9. The molecule has 4 aliphatic heterocycles. The topological polar surface area (TPSA) is 128 Å². The fourth-order valence-corrected chi connectivity index (χ4v) is 6.03. The van der Waals surface area contributed by atoms with E-state index in [1.165, 1.54) is 7.11 Å². The molecule has 1 aliphatic carbocycles. The molecule has 4 heterocycles. The number of likely N-dealkylation sites (tertiary alicyclic amines) is 1. The zero-order valence-electron chi connectivity index (χ0n) is 17.2. The van der Waals surface area contributed by atoms with Crippen molar-refractivity contribution in [1.82, 2.24) is 10.2 Å². The van der Waals surface area contributed by atoms with E-state index in [0.717, 1.165) is 38.7 Å². The Labute approximate surface area is 175 Å². The van der Waals surface area contributed by atoms with Crippen LogP contribution in [0.5, 0.6) is 0 Å². The van der Waals surface area contributed by atoms with Crippen molar-refractivity contribution in [2.45, 2.75) is 75.0 Å². The van der Waals surface area contributed by atoms with E-state index >= 15 is 0 Å². The average Bonchev–Trinajstić information content (AvgIpc) is 3.46. The molecule has 0 aromatic carbocycles. The Balaban J connectivity index is 1.27. The third-order valence-electron chi connectivity index (χ3n) is 7.59. The first kappa shape index (κ1) is 20.6. The maximum atomic E-state index is 11.1. The predicted octanol–water partition coefficient (Wildman–Crippen LogP) is -0.761. The smallest absolute Gasteiger partial charge is 0.175 e. The Morgan fingerprint density at radius 3 is 2.97 bits per heavy atom. The molecular formula is C20H32N4O6. The van der Waals surface area contributed by atoms with Gasteiger partial charge < -0.3 is 34.9 Å². The van der Waals surface area contributed by atoms with Gasteiger partial charge in [-0.15, -0.1) is 0 Å². The van der Waals surface area contributed by atoms with Crippen molar-refractivity contribution in [2.75, 3.05) is 20.3 Å². The summed E-state index contributed by atoms with van der Waals surface area (Å²) in [5, 5.41) is 39.8. The van der Waals surface area contributed by atoms with E-state index in [1.54, 1.807) is 6.34 Å². The molecule has 5 unspecified atom stereocenters. The number of aliphatic imine (C=N–C) groups is 1. The van der Waals surface area contributed by atoms with Gasteiger partial charge in [-0.2, -0.15) is 0 Å². The largest absolute Gasteiger partial charge is 0.398 e. The molecule has 5 aliphatic rings. The van der Waals surface area contributed by atoms with E-state index in [4.69, 9.17) is 14.3 Å². The molecule has 168 valence electrons.